The van der Waals surface area contributed by atoms with Crippen LogP contribution in [0.1, 0.15) is 20.8 Å². The highest BCUT2D eigenvalue weighted by Gasteiger charge is 2.32. The number of hydrogen-bond acceptors (Lipinski definition) is 1. The van der Waals surface area contributed by atoms with Crippen molar-refractivity contribution in [3.63, 3.8) is 0 Å². The number of rotatable bonds is 3. The van der Waals surface area contributed by atoms with Crippen molar-refractivity contribution in [3.05, 3.63) is 23.3 Å². The van der Waals surface area contributed by atoms with Crippen molar-refractivity contribution < 1.29 is 13.2 Å². The molecule has 0 bridgehead atoms. The lowest BCUT2D eigenvalue weighted by Crippen LogP contribution is -2.12. The molecule has 0 aromatic carbocycles. The molecule has 0 radical (unpaired) electrons. The van der Waals surface area contributed by atoms with Crippen molar-refractivity contribution in [1.29, 1.82) is 0 Å². The molecule has 0 aliphatic rings. The molecule has 0 amide bonds. The Bertz CT molecular complexity index is 272. The monoisotopic (exact) mass is 205 g/mol. The molecule has 0 aromatic rings. The largest absolute Gasteiger partial charge is 0.413 e. The SMILES string of the molecule is C=C(C)C(/C=N\CC)=C(/C)C(F)(F)F. The van der Waals surface area contributed by atoms with E-state index in [1.54, 1.807) is 6.92 Å². The van der Waals surface area contributed by atoms with Crippen LogP contribution >= 0.6 is 0 Å². The molecule has 0 aliphatic carbocycles. The van der Waals surface area contributed by atoms with Gasteiger partial charge < -0.3 is 0 Å². The predicted molar refractivity (Wildman–Crippen MR) is 52.6 cm³/mol. The molecule has 0 atom stereocenters. The van der Waals surface area contributed by atoms with Crippen LogP contribution in [0.2, 0.25) is 0 Å². The number of hydrogen-bond donors (Lipinski definition) is 0. The highest BCUT2D eigenvalue weighted by atomic mass is 19.4. The van der Waals surface area contributed by atoms with Gasteiger partial charge in [-0.2, -0.15) is 13.2 Å². The van der Waals surface area contributed by atoms with Gasteiger partial charge in [0.05, 0.1) is 0 Å². The Morgan fingerprint density at radius 2 is 1.86 bits per heavy atom. The van der Waals surface area contributed by atoms with E-state index in [2.05, 4.69) is 11.6 Å². The van der Waals surface area contributed by atoms with Crippen LogP contribution in [0.5, 0.6) is 0 Å². The first-order chi connectivity index (χ1) is 6.30. The fourth-order valence-corrected chi connectivity index (χ4v) is 0.862. The van der Waals surface area contributed by atoms with Crippen LogP contribution in [0.3, 0.4) is 0 Å². The van der Waals surface area contributed by atoms with Gasteiger partial charge in [0.25, 0.3) is 0 Å². The third-order valence-corrected chi connectivity index (χ3v) is 1.69. The van der Waals surface area contributed by atoms with Gasteiger partial charge in [0.15, 0.2) is 0 Å². The van der Waals surface area contributed by atoms with E-state index in [1.165, 1.54) is 13.1 Å². The molecular weight excluding hydrogens is 191 g/mol. The quantitative estimate of drug-likeness (QED) is 0.493. The van der Waals surface area contributed by atoms with Gasteiger partial charge in [-0.15, -0.1) is 0 Å². The van der Waals surface area contributed by atoms with Crippen molar-refractivity contribution in [2.45, 2.75) is 26.9 Å². The Hall–Kier alpha value is -1.06. The van der Waals surface area contributed by atoms with Gasteiger partial charge >= 0.3 is 6.18 Å². The predicted octanol–water partition coefficient (Wildman–Crippen LogP) is 3.53. The number of halogens is 3. The first-order valence-corrected chi connectivity index (χ1v) is 4.24. The second-order valence-corrected chi connectivity index (χ2v) is 2.94. The molecule has 1 nitrogen and oxygen atoms in total. The van der Waals surface area contributed by atoms with Crippen molar-refractivity contribution in [3.8, 4) is 0 Å². The van der Waals surface area contributed by atoms with Crippen LogP contribution in [0, 0.1) is 0 Å². The van der Waals surface area contributed by atoms with Crippen LogP contribution < -0.4 is 0 Å². The number of aliphatic imine (C=N–C) groups is 1. The van der Waals surface area contributed by atoms with E-state index in [0.29, 0.717) is 12.1 Å². The number of allylic oxidation sites excluding steroid dienone is 3. The zero-order chi connectivity index (χ0) is 11.4. The molecule has 14 heavy (non-hydrogen) atoms. The highest BCUT2D eigenvalue weighted by molar-refractivity contribution is 5.85. The summed E-state index contributed by atoms with van der Waals surface area (Å²) in [7, 11) is 0. The molecule has 0 saturated heterocycles. The Kier molecular flexibility index (Phi) is 4.60. The molecule has 0 aromatic heterocycles. The number of alkyl halides is 3. The third-order valence-electron chi connectivity index (χ3n) is 1.69. The van der Waals surface area contributed by atoms with Crippen molar-refractivity contribution >= 4 is 6.21 Å². The summed E-state index contributed by atoms with van der Waals surface area (Å²) in [5, 5.41) is 0. The molecule has 0 fully saturated rings. The van der Waals surface area contributed by atoms with E-state index < -0.39 is 11.7 Å². The summed E-state index contributed by atoms with van der Waals surface area (Å²) in [6.45, 7) is 8.28. The van der Waals surface area contributed by atoms with Crippen molar-refractivity contribution in [2.75, 3.05) is 6.54 Å². The van der Waals surface area contributed by atoms with Crippen LogP contribution in [0.4, 0.5) is 13.2 Å². The van der Waals surface area contributed by atoms with Gasteiger partial charge in [-0.1, -0.05) is 6.58 Å². The maximum absolute atomic E-state index is 12.3. The second kappa shape index (κ2) is 4.98. The van der Waals surface area contributed by atoms with E-state index in [1.807, 2.05) is 0 Å². The van der Waals surface area contributed by atoms with Crippen LogP contribution in [-0.2, 0) is 0 Å². The molecule has 0 heterocycles. The van der Waals surface area contributed by atoms with Crippen LogP contribution in [0.25, 0.3) is 0 Å². The average molecular weight is 205 g/mol. The summed E-state index contributed by atoms with van der Waals surface area (Å²) in [5.41, 5.74) is -0.210. The molecule has 0 aliphatic heterocycles. The van der Waals surface area contributed by atoms with Gasteiger partial charge in [-0.25, -0.2) is 0 Å². The van der Waals surface area contributed by atoms with E-state index in [4.69, 9.17) is 0 Å². The van der Waals surface area contributed by atoms with Crippen molar-refractivity contribution in [2.24, 2.45) is 4.99 Å². The third kappa shape index (κ3) is 3.77. The summed E-state index contributed by atoms with van der Waals surface area (Å²) in [6, 6.07) is 0. The summed E-state index contributed by atoms with van der Waals surface area (Å²) in [6.07, 6.45) is -3.08. The normalized spacial score (nSPS) is 14.4. The molecule has 0 saturated carbocycles. The maximum Gasteiger partial charge on any atom is 0.413 e. The first kappa shape index (κ1) is 12.9. The average Bonchev–Trinajstić information content (AvgIpc) is 2.02. The fourth-order valence-electron chi connectivity index (χ4n) is 0.862. The summed E-state index contributed by atoms with van der Waals surface area (Å²) < 4.78 is 37.0. The molecule has 0 rings (SSSR count). The zero-order valence-corrected chi connectivity index (χ0v) is 8.57. The fraction of sp³-hybridized carbons (Fsp3) is 0.500. The molecule has 0 N–H and O–H groups in total. The second-order valence-electron chi connectivity index (χ2n) is 2.94. The van der Waals surface area contributed by atoms with Gasteiger partial charge in [-0.3, -0.25) is 4.99 Å². The van der Waals surface area contributed by atoms with Gasteiger partial charge in [-0.05, 0) is 26.3 Å². The van der Waals surface area contributed by atoms with Gasteiger partial charge in [0.1, 0.15) is 0 Å². The van der Waals surface area contributed by atoms with Gasteiger partial charge in [0.2, 0.25) is 0 Å². The minimum atomic E-state index is -4.31. The van der Waals surface area contributed by atoms with Crippen molar-refractivity contribution in [1.82, 2.24) is 0 Å². The summed E-state index contributed by atoms with van der Waals surface area (Å²) in [5.74, 6) is 0. The molecular formula is C10H14F3N. The molecule has 0 unspecified atom stereocenters. The highest BCUT2D eigenvalue weighted by Crippen LogP contribution is 2.29. The minimum Gasteiger partial charge on any atom is -0.293 e. The lowest BCUT2D eigenvalue weighted by Gasteiger charge is -2.11. The molecule has 0 spiro atoms. The van der Waals surface area contributed by atoms with E-state index in [-0.39, 0.29) is 5.57 Å². The lowest BCUT2D eigenvalue weighted by atomic mass is 10.0. The standard InChI is InChI=1S/C10H14F3N/c1-5-14-6-9(7(2)3)8(4)10(11,12)13/h6H,2,5H2,1,3-4H3/b9-8-,14-6-. The Balaban J connectivity index is 5.17. The Morgan fingerprint density at radius 3 is 2.14 bits per heavy atom. The zero-order valence-electron chi connectivity index (χ0n) is 8.57. The van der Waals surface area contributed by atoms with E-state index in [9.17, 15) is 13.2 Å². The van der Waals surface area contributed by atoms with E-state index in [0.717, 1.165) is 6.92 Å². The lowest BCUT2D eigenvalue weighted by molar-refractivity contribution is -0.0916. The van der Waals surface area contributed by atoms with Crippen LogP contribution in [-0.4, -0.2) is 18.9 Å². The Labute approximate surface area is 82.0 Å². The summed E-state index contributed by atoms with van der Waals surface area (Å²) in [4.78, 5) is 3.78. The maximum atomic E-state index is 12.3. The smallest absolute Gasteiger partial charge is 0.293 e. The van der Waals surface area contributed by atoms with Crippen LogP contribution in [0.15, 0.2) is 28.3 Å². The van der Waals surface area contributed by atoms with E-state index >= 15 is 0 Å². The first-order valence-electron chi connectivity index (χ1n) is 4.24. The molecule has 80 valence electrons. The van der Waals surface area contributed by atoms with Gasteiger partial charge in [0, 0.05) is 23.9 Å². The summed E-state index contributed by atoms with van der Waals surface area (Å²) >= 11 is 0. The molecule has 4 heteroatoms. The minimum absolute atomic E-state index is 0.0688. The number of nitrogens with zero attached hydrogens (tertiary/aromatic N) is 1. The Morgan fingerprint density at radius 1 is 1.36 bits per heavy atom. The topological polar surface area (TPSA) is 12.4 Å².